The molecule has 2 aliphatic heterocycles. The Labute approximate surface area is 253 Å². The Balaban J connectivity index is 1.25. The van der Waals surface area contributed by atoms with Crippen LogP contribution in [0.2, 0.25) is 0 Å². The molecule has 4 nitrogen and oxygen atoms in total. The van der Waals surface area contributed by atoms with Crippen molar-refractivity contribution in [1.82, 2.24) is 4.90 Å². The maximum absolute atomic E-state index is 12.6. The molecule has 0 radical (unpaired) electrons. The van der Waals surface area contributed by atoms with Crippen LogP contribution in [-0.4, -0.2) is 36.6 Å². The summed E-state index contributed by atoms with van der Waals surface area (Å²) in [6, 6.07) is 8.61. The maximum Gasteiger partial charge on any atom is 0.161 e. The minimum atomic E-state index is 0.310. The lowest BCUT2D eigenvalue weighted by Gasteiger charge is -2.29. The van der Waals surface area contributed by atoms with E-state index >= 15 is 0 Å². The van der Waals surface area contributed by atoms with E-state index < -0.39 is 0 Å². The molecule has 0 bridgehead atoms. The number of hydrogen-bond donors (Lipinski definition) is 0. The summed E-state index contributed by atoms with van der Waals surface area (Å²) >= 11 is 0. The molecule has 0 aromatic heterocycles. The minimum absolute atomic E-state index is 0.310. The number of aliphatic imine (C=N–C) groups is 1. The standard InChI is InChI=1S/C38H48N2O2/c1-3-8-30-12-14-31(15-13-30)28-42-36-20-18-32(19-21-36)35-9-4-5-23-39-24-22-37(29(2)27-35)40-25-6-10-33(11-7-26-40)38(41)34-16-17-34/h5,9-10,12,18-24,27,31,34H,3-4,6-8,11,13-17,25-26,28H2,1-2H3/b23-5+,29-27+,33-10-,35-9+,37-22-,39-24-. The molecule has 1 atom stereocenters. The van der Waals surface area contributed by atoms with Crippen LogP contribution in [0.15, 0.2) is 94.3 Å². The molecule has 0 N–H and O–H groups in total. The number of rotatable bonds is 9. The first-order valence-electron chi connectivity index (χ1n) is 16.3. The zero-order chi connectivity index (χ0) is 29.1. The number of Topliss-reactive ketones (excluding diaryl/α,β-unsaturated/α-hetero) is 1. The van der Waals surface area contributed by atoms with E-state index in [0.29, 0.717) is 17.6 Å². The highest BCUT2D eigenvalue weighted by molar-refractivity contribution is 5.98. The third-order valence-electron chi connectivity index (χ3n) is 8.89. The van der Waals surface area contributed by atoms with Gasteiger partial charge in [-0.2, -0.15) is 0 Å². The summed E-state index contributed by atoms with van der Waals surface area (Å²) in [5.41, 5.74) is 7.53. The first-order chi connectivity index (χ1) is 20.6. The molecule has 1 unspecified atom stereocenters. The van der Waals surface area contributed by atoms with Gasteiger partial charge in [0.1, 0.15) is 5.75 Å². The van der Waals surface area contributed by atoms with Crippen LogP contribution in [0.1, 0.15) is 90.0 Å². The van der Waals surface area contributed by atoms with Gasteiger partial charge in [0.05, 0.1) is 6.61 Å². The average molecular weight is 565 g/mol. The number of nitrogens with zero attached hydrogens (tertiary/aromatic N) is 2. The molecule has 0 saturated heterocycles. The number of hydrogen-bond acceptors (Lipinski definition) is 4. The third-order valence-corrected chi connectivity index (χ3v) is 8.89. The zero-order valence-corrected chi connectivity index (χ0v) is 25.7. The fourth-order valence-electron chi connectivity index (χ4n) is 6.27. The van der Waals surface area contributed by atoms with Crippen molar-refractivity contribution in [2.45, 2.75) is 84.5 Å². The minimum Gasteiger partial charge on any atom is -0.493 e. The highest BCUT2D eigenvalue weighted by Crippen LogP contribution is 2.34. The van der Waals surface area contributed by atoms with Gasteiger partial charge < -0.3 is 9.64 Å². The predicted octanol–water partition coefficient (Wildman–Crippen LogP) is 9.19. The fraction of sp³-hybridized carbons (Fsp3) is 0.474. The molecule has 1 saturated carbocycles. The van der Waals surface area contributed by atoms with Gasteiger partial charge in [0.2, 0.25) is 0 Å². The van der Waals surface area contributed by atoms with E-state index in [1.165, 1.54) is 48.1 Å². The first-order valence-corrected chi connectivity index (χ1v) is 16.3. The van der Waals surface area contributed by atoms with E-state index in [4.69, 9.17) is 4.74 Å². The van der Waals surface area contributed by atoms with E-state index in [0.717, 1.165) is 76.0 Å². The highest BCUT2D eigenvalue weighted by atomic mass is 16.5. The number of ether oxygens (including phenoxy) is 1. The van der Waals surface area contributed by atoms with E-state index in [1.807, 2.05) is 12.4 Å². The van der Waals surface area contributed by atoms with Crippen LogP contribution in [0.5, 0.6) is 5.75 Å². The van der Waals surface area contributed by atoms with Gasteiger partial charge in [-0.05, 0) is 124 Å². The van der Waals surface area contributed by atoms with Crippen molar-refractivity contribution >= 4 is 17.6 Å². The van der Waals surface area contributed by atoms with Crippen molar-refractivity contribution in [3.63, 3.8) is 0 Å². The van der Waals surface area contributed by atoms with Crippen LogP contribution in [0.25, 0.3) is 5.57 Å². The van der Waals surface area contributed by atoms with Gasteiger partial charge in [-0.25, -0.2) is 0 Å². The summed E-state index contributed by atoms with van der Waals surface area (Å²) in [4.78, 5) is 19.6. The Morgan fingerprint density at radius 2 is 1.90 bits per heavy atom. The molecule has 4 aliphatic rings. The second kappa shape index (κ2) is 15.2. The molecule has 2 heterocycles. The number of carbonyl (C=O) groups excluding carboxylic acids is 1. The summed E-state index contributed by atoms with van der Waals surface area (Å²) in [5, 5.41) is 0. The molecule has 1 aromatic carbocycles. The van der Waals surface area contributed by atoms with Gasteiger partial charge in [-0.15, -0.1) is 0 Å². The van der Waals surface area contributed by atoms with Crippen molar-refractivity contribution < 1.29 is 9.53 Å². The topological polar surface area (TPSA) is 41.9 Å². The lowest BCUT2D eigenvalue weighted by molar-refractivity contribution is -0.116. The summed E-state index contributed by atoms with van der Waals surface area (Å²) in [5.74, 6) is 2.28. The maximum atomic E-state index is 12.6. The zero-order valence-electron chi connectivity index (χ0n) is 25.7. The summed E-state index contributed by atoms with van der Waals surface area (Å²) < 4.78 is 6.23. The van der Waals surface area contributed by atoms with Crippen LogP contribution >= 0.6 is 0 Å². The number of carbonyl (C=O) groups is 1. The van der Waals surface area contributed by atoms with E-state index in [-0.39, 0.29) is 0 Å². The smallest absolute Gasteiger partial charge is 0.161 e. The Morgan fingerprint density at radius 1 is 1.05 bits per heavy atom. The van der Waals surface area contributed by atoms with Crippen LogP contribution in [0.3, 0.4) is 0 Å². The Kier molecular flexibility index (Phi) is 10.9. The lowest BCUT2D eigenvalue weighted by atomic mass is 9.88. The molecule has 0 spiro atoms. The van der Waals surface area contributed by atoms with Gasteiger partial charge in [0.25, 0.3) is 0 Å². The van der Waals surface area contributed by atoms with Crippen LogP contribution in [0, 0.1) is 11.8 Å². The van der Waals surface area contributed by atoms with Crippen molar-refractivity contribution in [2.24, 2.45) is 16.8 Å². The molecule has 4 heteroatoms. The molecule has 2 aliphatic carbocycles. The molecule has 5 rings (SSSR count). The Bertz CT molecular complexity index is 1300. The monoisotopic (exact) mass is 564 g/mol. The molecular weight excluding hydrogens is 516 g/mol. The van der Waals surface area contributed by atoms with Gasteiger partial charge in [-0.1, -0.05) is 55.4 Å². The molecule has 1 fully saturated rings. The molecule has 222 valence electrons. The largest absolute Gasteiger partial charge is 0.493 e. The van der Waals surface area contributed by atoms with Crippen LogP contribution < -0.4 is 4.74 Å². The normalized spacial score (nSPS) is 28.5. The van der Waals surface area contributed by atoms with E-state index in [9.17, 15) is 4.79 Å². The third kappa shape index (κ3) is 8.56. The summed E-state index contributed by atoms with van der Waals surface area (Å²) in [6.07, 6.45) is 29.1. The quantitative estimate of drug-likeness (QED) is 0.281. The van der Waals surface area contributed by atoms with Crippen LogP contribution in [-0.2, 0) is 4.79 Å². The first kappa shape index (κ1) is 30.1. The average Bonchev–Trinajstić information content (AvgIpc) is 3.84. The van der Waals surface area contributed by atoms with Crippen molar-refractivity contribution in [3.8, 4) is 5.75 Å². The van der Waals surface area contributed by atoms with Gasteiger partial charge >= 0.3 is 0 Å². The second-order valence-electron chi connectivity index (χ2n) is 12.3. The number of ketones is 1. The molecule has 42 heavy (non-hydrogen) atoms. The predicted molar refractivity (Wildman–Crippen MR) is 176 cm³/mol. The van der Waals surface area contributed by atoms with Gasteiger partial charge in [0.15, 0.2) is 5.78 Å². The SMILES string of the molecule is CCCC1=CCC(COc2ccc(C3=C/C/C=C/N=C\C=C(N4CC/C=C(\C(=O)C5CC5)CCC4)\C(C)=C\3)cc2)CC1. The van der Waals surface area contributed by atoms with E-state index in [2.05, 4.69) is 84.5 Å². The van der Waals surface area contributed by atoms with Crippen molar-refractivity contribution in [1.29, 1.82) is 0 Å². The summed E-state index contributed by atoms with van der Waals surface area (Å²) in [7, 11) is 0. The van der Waals surface area contributed by atoms with E-state index in [1.54, 1.807) is 5.57 Å². The van der Waals surface area contributed by atoms with Crippen molar-refractivity contribution in [3.05, 3.63) is 94.9 Å². The Morgan fingerprint density at radius 3 is 2.67 bits per heavy atom. The lowest BCUT2D eigenvalue weighted by Crippen LogP contribution is -2.28. The second-order valence-corrected chi connectivity index (χ2v) is 12.3. The fourth-order valence-corrected chi connectivity index (χ4v) is 6.27. The molecular formula is C38H48N2O2. The number of allylic oxidation sites excluding steroid dienone is 9. The van der Waals surface area contributed by atoms with Crippen molar-refractivity contribution in [2.75, 3.05) is 19.7 Å². The molecule has 0 amide bonds. The highest BCUT2D eigenvalue weighted by Gasteiger charge is 2.31. The molecule has 1 aromatic rings. The van der Waals surface area contributed by atoms with Crippen LogP contribution in [0.4, 0.5) is 0 Å². The van der Waals surface area contributed by atoms with Gasteiger partial charge in [0, 0.05) is 37.1 Å². The Hall–Kier alpha value is -3.40. The number of benzene rings is 1. The van der Waals surface area contributed by atoms with Gasteiger partial charge in [-0.3, -0.25) is 9.79 Å². The summed E-state index contributed by atoms with van der Waals surface area (Å²) in [6.45, 7) is 7.11.